The molecule has 0 aliphatic heterocycles. The first-order valence-electron chi connectivity index (χ1n) is 8.88. The summed E-state index contributed by atoms with van der Waals surface area (Å²) in [5.41, 5.74) is 5.07. The van der Waals surface area contributed by atoms with Gasteiger partial charge < -0.3 is 10.1 Å². The van der Waals surface area contributed by atoms with Gasteiger partial charge >= 0.3 is 0 Å². The number of carbonyl (C=O) groups is 1. The third-order valence-corrected chi connectivity index (χ3v) is 4.43. The van der Waals surface area contributed by atoms with Gasteiger partial charge in [-0.1, -0.05) is 20.8 Å². The third-order valence-electron chi connectivity index (χ3n) is 4.43. The molecule has 1 aliphatic carbocycles. The van der Waals surface area contributed by atoms with E-state index in [1.165, 1.54) is 5.56 Å². The van der Waals surface area contributed by atoms with Crippen molar-refractivity contribution in [3.05, 3.63) is 35.2 Å². The van der Waals surface area contributed by atoms with Gasteiger partial charge in [0, 0.05) is 12.0 Å². The number of amides is 1. The van der Waals surface area contributed by atoms with Crippen molar-refractivity contribution < 1.29 is 9.53 Å². The fraction of sp³-hybridized carbons (Fsp3) is 0.450. The van der Waals surface area contributed by atoms with E-state index in [-0.39, 0.29) is 5.91 Å². The summed E-state index contributed by atoms with van der Waals surface area (Å²) in [6, 6.07) is 6.08. The second-order valence-electron chi connectivity index (χ2n) is 6.84. The molecule has 25 heavy (non-hydrogen) atoms. The molecule has 0 bridgehead atoms. The van der Waals surface area contributed by atoms with Gasteiger partial charge in [-0.3, -0.25) is 4.79 Å². The van der Waals surface area contributed by atoms with E-state index in [2.05, 4.69) is 17.4 Å². The lowest BCUT2D eigenvalue weighted by atomic mass is 9.91. The number of hydrogen-bond donors (Lipinski definition) is 1. The Hall–Kier alpha value is -2.43. The van der Waals surface area contributed by atoms with Gasteiger partial charge in [-0.2, -0.15) is 0 Å². The van der Waals surface area contributed by atoms with Crippen LogP contribution in [-0.2, 0) is 24.1 Å². The van der Waals surface area contributed by atoms with Gasteiger partial charge in [0.15, 0.2) is 5.82 Å². The second-order valence-corrected chi connectivity index (χ2v) is 6.84. The third kappa shape index (κ3) is 3.65. The predicted molar refractivity (Wildman–Crippen MR) is 98.9 cm³/mol. The molecule has 0 radical (unpaired) electrons. The van der Waals surface area contributed by atoms with Crippen LogP contribution >= 0.6 is 0 Å². The summed E-state index contributed by atoms with van der Waals surface area (Å²) < 4.78 is 5.32. The minimum absolute atomic E-state index is 0.0000963. The van der Waals surface area contributed by atoms with Crippen molar-refractivity contribution >= 4 is 11.7 Å². The Morgan fingerprint density at radius 1 is 1.28 bits per heavy atom. The molecule has 2 aromatic rings. The van der Waals surface area contributed by atoms with Crippen molar-refractivity contribution in [3.8, 4) is 17.0 Å². The Morgan fingerprint density at radius 3 is 2.76 bits per heavy atom. The zero-order valence-electron chi connectivity index (χ0n) is 15.3. The number of anilines is 1. The van der Waals surface area contributed by atoms with Crippen molar-refractivity contribution in [1.29, 1.82) is 0 Å². The first-order chi connectivity index (χ1) is 12.0. The van der Waals surface area contributed by atoms with Crippen molar-refractivity contribution in [3.63, 3.8) is 0 Å². The van der Waals surface area contributed by atoms with Gasteiger partial charge in [-0.25, -0.2) is 9.97 Å². The lowest BCUT2D eigenvalue weighted by Crippen LogP contribution is -2.19. The average Bonchev–Trinajstić information content (AvgIpc) is 2.59. The van der Waals surface area contributed by atoms with Crippen molar-refractivity contribution in [2.45, 2.75) is 46.5 Å². The monoisotopic (exact) mass is 339 g/mol. The Labute approximate surface area is 148 Å². The highest BCUT2D eigenvalue weighted by molar-refractivity contribution is 5.90. The average molecular weight is 339 g/mol. The number of aromatic nitrogens is 2. The molecule has 1 heterocycles. The molecule has 0 saturated heterocycles. The van der Waals surface area contributed by atoms with Crippen LogP contribution in [0.5, 0.6) is 5.75 Å². The molecule has 1 N–H and O–H groups in total. The van der Waals surface area contributed by atoms with E-state index >= 15 is 0 Å². The highest BCUT2D eigenvalue weighted by Gasteiger charge is 2.22. The first kappa shape index (κ1) is 17.4. The molecule has 5 nitrogen and oxygen atoms in total. The lowest BCUT2D eigenvalue weighted by Gasteiger charge is -2.21. The van der Waals surface area contributed by atoms with Crippen LogP contribution in [0.25, 0.3) is 11.3 Å². The summed E-state index contributed by atoms with van der Waals surface area (Å²) in [6.45, 7) is 6.10. The number of methoxy groups -OCH3 is 1. The highest BCUT2D eigenvalue weighted by Crippen LogP contribution is 2.34. The molecule has 1 amide bonds. The normalized spacial score (nSPS) is 12.5. The molecule has 0 atom stereocenters. The van der Waals surface area contributed by atoms with Crippen LogP contribution in [0.15, 0.2) is 18.2 Å². The van der Waals surface area contributed by atoms with Gasteiger partial charge in [-0.15, -0.1) is 0 Å². The lowest BCUT2D eigenvalue weighted by molar-refractivity contribution is -0.116. The smallest absolute Gasteiger partial charge is 0.225 e. The number of aryl methyl sites for hydroxylation is 3. The van der Waals surface area contributed by atoms with E-state index in [1.54, 1.807) is 7.11 Å². The zero-order chi connectivity index (χ0) is 18.0. The Morgan fingerprint density at radius 2 is 2.08 bits per heavy atom. The molecule has 1 aliphatic rings. The number of nitrogens with one attached hydrogen (secondary N) is 1. The van der Waals surface area contributed by atoms with Crippen molar-refractivity contribution in [2.75, 3.05) is 12.4 Å². The highest BCUT2D eigenvalue weighted by atomic mass is 16.5. The number of carbonyl (C=O) groups excluding carboxylic acids is 1. The maximum Gasteiger partial charge on any atom is 0.225 e. The quantitative estimate of drug-likeness (QED) is 0.900. The minimum atomic E-state index is -0.0000963. The first-order valence-corrected chi connectivity index (χ1v) is 8.88. The zero-order valence-corrected chi connectivity index (χ0v) is 15.3. The Balaban J connectivity index is 1.97. The van der Waals surface area contributed by atoms with E-state index < -0.39 is 0 Å². The van der Waals surface area contributed by atoms with Gasteiger partial charge in [0.05, 0.1) is 24.2 Å². The summed E-state index contributed by atoms with van der Waals surface area (Å²) in [7, 11) is 1.68. The van der Waals surface area contributed by atoms with E-state index in [4.69, 9.17) is 14.7 Å². The fourth-order valence-corrected chi connectivity index (χ4v) is 3.18. The molecule has 0 unspecified atom stereocenters. The van der Waals surface area contributed by atoms with E-state index in [0.717, 1.165) is 47.7 Å². The summed E-state index contributed by atoms with van der Waals surface area (Å²) in [4.78, 5) is 21.7. The second kappa shape index (κ2) is 7.21. The van der Waals surface area contributed by atoms with E-state index in [9.17, 15) is 4.79 Å². The fourth-order valence-electron chi connectivity index (χ4n) is 3.18. The number of hydrogen-bond acceptors (Lipinski definition) is 4. The Bertz CT molecular complexity index is 800. The molecule has 5 heteroatoms. The number of nitrogens with zero attached hydrogens (tertiary/aromatic N) is 2. The molecule has 1 aromatic carbocycles. The van der Waals surface area contributed by atoms with Crippen LogP contribution in [0.2, 0.25) is 0 Å². The number of benzene rings is 1. The number of ether oxygens (including phenoxy) is 1. The SMILES string of the molecule is CCc1nc2c(nc1NC(=O)CC(C)C)CCc1cc(OC)ccc1-2. The summed E-state index contributed by atoms with van der Waals surface area (Å²) in [5.74, 6) is 1.80. The van der Waals surface area contributed by atoms with Crippen molar-refractivity contribution in [1.82, 2.24) is 9.97 Å². The maximum atomic E-state index is 12.1. The predicted octanol–water partition coefficient (Wildman–Crippen LogP) is 3.80. The number of fused-ring (bicyclic) bond motifs is 3. The molecule has 3 rings (SSSR count). The topological polar surface area (TPSA) is 64.1 Å². The van der Waals surface area contributed by atoms with Gasteiger partial charge in [0.1, 0.15) is 5.75 Å². The molecule has 132 valence electrons. The minimum Gasteiger partial charge on any atom is -0.497 e. The molecule has 0 spiro atoms. The molecule has 0 fully saturated rings. The molecule has 1 aromatic heterocycles. The van der Waals surface area contributed by atoms with Crippen LogP contribution in [-0.4, -0.2) is 23.0 Å². The van der Waals surface area contributed by atoms with Gasteiger partial charge in [0.25, 0.3) is 0 Å². The molecular weight excluding hydrogens is 314 g/mol. The Kier molecular flexibility index (Phi) is 5.02. The van der Waals surface area contributed by atoms with Crippen molar-refractivity contribution in [2.24, 2.45) is 5.92 Å². The maximum absolute atomic E-state index is 12.1. The van der Waals surface area contributed by atoms with Crippen LogP contribution in [0.4, 0.5) is 5.82 Å². The van der Waals surface area contributed by atoms with Crippen LogP contribution < -0.4 is 10.1 Å². The van der Waals surface area contributed by atoms with Gasteiger partial charge in [0.2, 0.25) is 5.91 Å². The standard InChI is InChI=1S/C20H25N3O2/c1-5-16-20(23-18(24)10-12(2)3)22-17-9-6-13-11-14(25-4)7-8-15(13)19(17)21-16/h7-8,11-12H,5-6,9-10H2,1-4H3,(H,22,23,24). The van der Waals surface area contributed by atoms with Crippen LogP contribution in [0, 0.1) is 5.92 Å². The summed E-state index contributed by atoms with van der Waals surface area (Å²) in [5, 5.41) is 2.95. The van der Waals surface area contributed by atoms with Crippen LogP contribution in [0.3, 0.4) is 0 Å². The number of rotatable bonds is 5. The van der Waals surface area contributed by atoms with E-state index in [0.29, 0.717) is 18.2 Å². The van der Waals surface area contributed by atoms with Crippen LogP contribution in [0.1, 0.15) is 44.1 Å². The summed E-state index contributed by atoms with van der Waals surface area (Å²) >= 11 is 0. The molecule has 0 saturated carbocycles. The molecular formula is C20H25N3O2. The van der Waals surface area contributed by atoms with E-state index in [1.807, 2.05) is 26.8 Å². The summed E-state index contributed by atoms with van der Waals surface area (Å²) in [6.07, 6.45) is 2.94. The largest absolute Gasteiger partial charge is 0.497 e. The van der Waals surface area contributed by atoms with Gasteiger partial charge in [-0.05, 0) is 48.9 Å².